The van der Waals surface area contributed by atoms with Crippen molar-refractivity contribution in [2.45, 2.75) is 13.0 Å². The maximum absolute atomic E-state index is 12.1. The van der Waals surface area contributed by atoms with E-state index in [9.17, 15) is 14.4 Å². The maximum Gasteiger partial charge on any atom is 0.268 e. The number of aromatic amines is 1. The summed E-state index contributed by atoms with van der Waals surface area (Å²) in [6.45, 7) is 3.53. The SMILES string of the molecule is CCN(C=O)C1CN(C(=O)CNC(=O)c2cc3ccccc3[nH]2)C1. The number of fused-ring (bicyclic) bond motifs is 1. The van der Waals surface area contributed by atoms with Gasteiger partial charge in [-0.05, 0) is 19.1 Å². The molecule has 126 valence electrons. The molecule has 24 heavy (non-hydrogen) atoms. The smallest absolute Gasteiger partial charge is 0.268 e. The number of likely N-dealkylation sites (N-methyl/N-ethyl adjacent to an activating group) is 1. The van der Waals surface area contributed by atoms with Gasteiger partial charge in [-0.15, -0.1) is 0 Å². The number of hydrogen-bond acceptors (Lipinski definition) is 3. The zero-order valence-corrected chi connectivity index (χ0v) is 13.5. The number of hydrogen-bond donors (Lipinski definition) is 2. The third-order valence-corrected chi connectivity index (χ3v) is 4.36. The average Bonchev–Trinajstić information content (AvgIpc) is 2.99. The Balaban J connectivity index is 1.50. The molecule has 1 aromatic heterocycles. The van der Waals surface area contributed by atoms with Gasteiger partial charge in [0.2, 0.25) is 12.3 Å². The number of nitrogens with zero attached hydrogens (tertiary/aromatic N) is 2. The molecule has 7 nitrogen and oxygen atoms in total. The van der Waals surface area contributed by atoms with Crippen molar-refractivity contribution >= 4 is 29.1 Å². The molecule has 7 heteroatoms. The first-order chi connectivity index (χ1) is 11.6. The zero-order valence-electron chi connectivity index (χ0n) is 13.5. The normalized spacial score (nSPS) is 14.3. The number of amides is 3. The van der Waals surface area contributed by atoms with Crippen molar-refractivity contribution in [3.05, 3.63) is 36.0 Å². The lowest BCUT2D eigenvalue weighted by Gasteiger charge is -2.43. The number of rotatable bonds is 6. The van der Waals surface area contributed by atoms with E-state index in [1.54, 1.807) is 15.9 Å². The van der Waals surface area contributed by atoms with Gasteiger partial charge in [-0.25, -0.2) is 0 Å². The molecule has 0 aliphatic carbocycles. The van der Waals surface area contributed by atoms with E-state index in [0.717, 1.165) is 17.3 Å². The summed E-state index contributed by atoms with van der Waals surface area (Å²) < 4.78 is 0. The number of carbonyl (C=O) groups is 3. The summed E-state index contributed by atoms with van der Waals surface area (Å²) in [6, 6.07) is 9.45. The molecule has 0 atom stereocenters. The minimum Gasteiger partial charge on any atom is -0.351 e. The molecule has 0 spiro atoms. The van der Waals surface area contributed by atoms with Gasteiger partial charge in [0, 0.05) is 30.5 Å². The van der Waals surface area contributed by atoms with Gasteiger partial charge in [0.25, 0.3) is 5.91 Å². The Morgan fingerprint density at radius 2 is 2.12 bits per heavy atom. The van der Waals surface area contributed by atoms with E-state index in [4.69, 9.17) is 0 Å². The number of nitrogens with one attached hydrogen (secondary N) is 2. The quantitative estimate of drug-likeness (QED) is 0.761. The van der Waals surface area contributed by atoms with Crippen LogP contribution in [0.15, 0.2) is 30.3 Å². The standard InChI is InChI=1S/C17H20N4O3/c1-2-20(11-22)13-9-21(10-13)16(23)8-18-17(24)15-7-12-5-3-4-6-14(12)19-15/h3-7,11,13,19H,2,8-10H2,1H3,(H,18,24). The average molecular weight is 328 g/mol. The summed E-state index contributed by atoms with van der Waals surface area (Å²) in [7, 11) is 0. The highest BCUT2D eigenvalue weighted by Gasteiger charge is 2.33. The second-order valence-electron chi connectivity index (χ2n) is 5.84. The summed E-state index contributed by atoms with van der Waals surface area (Å²) in [5.74, 6) is -0.447. The minimum absolute atomic E-state index is 0.0475. The Hall–Kier alpha value is -2.83. The second kappa shape index (κ2) is 6.74. The van der Waals surface area contributed by atoms with E-state index in [1.165, 1.54) is 0 Å². The number of aromatic nitrogens is 1. The molecule has 1 saturated heterocycles. The molecule has 3 amide bonds. The van der Waals surface area contributed by atoms with E-state index >= 15 is 0 Å². The molecular weight excluding hydrogens is 308 g/mol. The largest absolute Gasteiger partial charge is 0.351 e. The summed E-state index contributed by atoms with van der Waals surface area (Å²) in [5, 5.41) is 3.59. The molecule has 2 heterocycles. The highest BCUT2D eigenvalue weighted by molar-refractivity contribution is 5.99. The van der Waals surface area contributed by atoms with Crippen molar-refractivity contribution in [3.8, 4) is 0 Å². The van der Waals surface area contributed by atoms with Crippen LogP contribution in [0.3, 0.4) is 0 Å². The number of likely N-dealkylation sites (tertiary alicyclic amines) is 1. The van der Waals surface area contributed by atoms with Crippen molar-refractivity contribution in [1.82, 2.24) is 20.1 Å². The molecule has 0 radical (unpaired) electrons. The zero-order chi connectivity index (χ0) is 17.1. The summed E-state index contributed by atoms with van der Waals surface area (Å²) in [6.07, 6.45) is 0.810. The number of carbonyl (C=O) groups excluding carboxylic acids is 3. The van der Waals surface area contributed by atoms with Crippen LogP contribution in [0.4, 0.5) is 0 Å². The third-order valence-electron chi connectivity index (χ3n) is 4.36. The van der Waals surface area contributed by atoms with Crippen molar-refractivity contribution in [3.63, 3.8) is 0 Å². The van der Waals surface area contributed by atoms with Crippen LogP contribution < -0.4 is 5.32 Å². The van der Waals surface area contributed by atoms with Crippen LogP contribution in [0.2, 0.25) is 0 Å². The van der Waals surface area contributed by atoms with Crippen LogP contribution in [-0.2, 0) is 9.59 Å². The fourth-order valence-corrected chi connectivity index (χ4v) is 2.85. The molecule has 3 rings (SSSR count). The van der Waals surface area contributed by atoms with Gasteiger partial charge in [-0.3, -0.25) is 14.4 Å². The molecule has 0 saturated carbocycles. The van der Waals surface area contributed by atoms with Crippen LogP contribution in [-0.4, -0.2) is 65.2 Å². The highest BCUT2D eigenvalue weighted by atomic mass is 16.2. The van der Waals surface area contributed by atoms with Gasteiger partial charge in [0.05, 0.1) is 12.6 Å². The van der Waals surface area contributed by atoms with Crippen LogP contribution in [0.25, 0.3) is 10.9 Å². The molecule has 1 aliphatic rings. The monoisotopic (exact) mass is 328 g/mol. The lowest BCUT2D eigenvalue weighted by molar-refractivity contribution is -0.140. The minimum atomic E-state index is -0.306. The fraction of sp³-hybridized carbons (Fsp3) is 0.353. The van der Waals surface area contributed by atoms with Crippen molar-refractivity contribution in [2.75, 3.05) is 26.2 Å². The molecule has 2 aromatic rings. The maximum atomic E-state index is 12.1. The molecule has 1 aromatic carbocycles. The second-order valence-corrected chi connectivity index (χ2v) is 5.84. The van der Waals surface area contributed by atoms with Gasteiger partial charge in [-0.2, -0.15) is 0 Å². The van der Waals surface area contributed by atoms with Crippen molar-refractivity contribution in [1.29, 1.82) is 0 Å². The van der Waals surface area contributed by atoms with Crippen molar-refractivity contribution in [2.24, 2.45) is 0 Å². The molecule has 1 aliphatic heterocycles. The van der Waals surface area contributed by atoms with Crippen molar-refractivity contribution < 1.29 is 14.4 Å². The van der Waals surface area contributed by atoms with E-state index < -0.39 is 0 Å². The van der Waals surface area contributed by atoms with Gasteiger partial charge in [0.1, 0.15) is 5.69 Å². The first-order valence-electron chi connectivity index (χ1n) is 7.97. The number of benzene rings is 1. The number of para-hydroxylation sites is 1. The first kappa shape index (κ1) is 16.0. The predicted octanol–water partition coefficient (Wildman–Crippen LogP) is 0.587. The molecule has 0 unspecified atom stereocenters. The molecule has 1 fully saturated rings. The fourth-order valence-electron chi connectivity index (χ4n) is 2.85. The topological polar surface area (TPSA) is 85.5 Å². The van der Waals surface area contributed by atoms with E-state index in [-0.39, 0.29) is 24.4 Å². The van der Waals surface area contributed by atoms with Gasteiger partial charge in [0.15, 0.2) is 0 Å². The Bertz CT molecular complexity index is 731. The van der Waals surface area contributed by atoms with Crippen LogP contribution in [0, 0.1) is 0 Å². The van der Waals surface area contributed by atoms with Crippen LogP contribution in [0.5, 0.6) is 0 Å². The summed E-state index contributed by atoms with van der Waals surface area (Å²) >= 11 is 0. The predicted molar refractivity (Wildman–Crippen MR) is 89.4 cm³/mol. The lowest BCUT2D eigenvalue weighted by atomic mass is 10.1. The van der Waals surface area contributed by atoms with Gasteiger partial charge in [-0.1, -0.05) is 18.2 Å². The van der Waals surface area contributed by atoms with E-state index in [2.05, 4.69) is 10.3 Å². The number of H-pyrrole nitrogens is 1. The highest BCUT2D eigenvalue weighted by Crippen LogP contribution is 2.15. The summed E-state index contributed by atoms with van der Waals surface area (Å²) in [5.41, 5.74) is 1.32. The Labute approximate surface area is 139 Å². The lowest BCUT2D eigenvalue weighted by Crippen LogP contribution is -2.62. The van der Waals surface area contributed by atoms with Gasteiger partial charge >= 0.3 is 0 Å². The molecular formula is C17H20N4O3. The van der Waals surface area contributed by atoms with Crippen LogP contribution >= 0.6 is 0 Å². The Kier molecular flexibility index (Phi) is 4.50. The Morgan fingerprint density at radius 1 is 1.38 bits per heavy atom. The van der Waals surface area contributed by atoms with E-state index in [0.29, 0.717) is 25.3 Å². The molecule has 2 N–H and O–H groups in total. The Morgan fingerprint density at radius 3 is 2.79 bits per heavy atom. The molecule has 0 bridgehead atoms. The third kappa shape index (κ3) is 3.10. The van der Waals surface area contributed by atoms with E-state index in [1.807, 2.05) is 31.2 Å². The summed E-state index contributed by atoms with van der Waals surface area (Å²) in [4.78, 5) is 41.4. The first-order valence-corrected chi connectivity index (χ1v) is 7.97. The van der Waals surface area contributed by atoms with Crippen LogP contribution in [0.1, 0.15) is 17.4 Å². The van der Waals surface area contributed by atoms with Gasteiger partial charge < -0.3 is 20.1 Å².